The van der Waals surface area contributed by atoms with Crippen molar-refractivity contribution in [3.8, 4) is 0 Å². The third-order valence-electron chi connectivity index (χ3n) is 2.67. The second kappa shape index (κ2) is 4.15. The van der Waals surface area contributed by atoms with Crippen molar-refractivity contribution in [1.29, 1.82) is 0 Å². The first-order chi connectivity index (χ1) is 8.65. The second-order valence-electron chi connectivity index (χ2n) is 3.90. The summed E-state index contributed by atoms with van der Waals surface area (Å²) in [5.74, 6) is -0.900. The fourth-order valence-corrected chi connectivity index (χ4v) is 2.54. The van der Waals surface area contributed by atoms with Crippen LogP contribution in [0.1, 0.15) is 16.7 Å². The largest absolute Gasteiger partial charge is 0.340 e. The molecule has 0 bridgehead atoms. The van der Waals surface area contributed by atoms with Crippen molar-refractivity contribution in [3.63, 3.8) is 0 Å². The molecule has 0 aliphatic heterocycles. The van der Waals surface area contributed by atoms with Crippen molar-refractivity contribution in [2.45, 2.75) is 6.04 Å². The SMILES string of the molecule is NC(c1nc2c(F)cc(F)cc2[nH]1)c1cccs1. The lowest BCUT2D eigenvalue weighted by Gasteiger charge is -2.04. The standard InChI is InChI=1S/C12H9F2N3S/c13-6-4-7(14)11-8(5-6)16-12(17-11)10(15)9-2-1-3-18-9/h1-5,10H,15H2,(H,16,17). The maximum Gasteiger partial charge on any atom is 0.153 e. The van der Waals surface area contributed by atoms with Crippen LogP contribution in [0.15, 0.2) is 29.6 Å². The molecule has 3 rings (SSSR count). The van der Waals surface area contributed by atoms with Gasteiger partial charge in [0.1, 0.15) is 17.2 Å². The molecule has 0 radical (unpaired) electrons. The van der Waals surface area contributed by atoms with Gasteiger partial charge < -0.3 is 10.7 Å². The predicted octanol–water partition coefficient (Wildman–Crippen LogP) is 2.95. The number of rotatable bonds is 2. The molecule has 0 aliphatic carbocycles. The number of H-pyrrole nitrogens is 1. The van der Waals surface area contributed by atoms with Gasteiger partial charge in [0.15, 0.2) is 5.82 Å². The van der Waals surface area contributed by atoms with Crippen molar-refractivity contribution in [2.24, 2.45) is 5.73 Å². The summed E-state index contributed by atoms with van der Waals surface area (Å²) in [6.07, 6.45) is 0. The highest BCUT2D eigenvalue weighted by Gasteiger charge is 2.16. The van der Waals surface area contributed by atoms with Crippen LogP contribution in [0.5, 0.6) is 0 Å². The Hall–Kier alpha value is -1.79. The number of fused-ring (bicyclic) bond motifs is 1. The van der Waals surface area contributed by atoms with E-state index in [9.17, 15) is 8.78 Å². The minimum Gasteiger partial charge on any atom is -0.340 e. The van der Waals surface area contributed by atoms with Gasteiger partial charge in [-0.25, -0.2) is 13.8 Å². The maximum absolute atomic E-state index is 13.5. The van der Waals surface area contributed by atoms with Gasteiger partial charge in [0.25, 0.3) is 0 Å². The summed E-state index contributed by atoms with van der Waals surface area (Å²) in [5.41, 5.74) is 6.44. The van der Waals surface area contributed by atoms with Crippen molar-refractivity contribution in [3.05, 3.63) is 52.0 Å². The molecule has 0 fully saturated rings. The highest BCUT2D eigenvalue weighted by atomic mass is 32.1. The van der Waals surface area contributed by atoms with Crippen molar-refractivity contribution in [2.75, 3.05) is 0 Å². The Labute approximate surface area is 105 Å². The van der Waals surface area contributed by atoms with E-state index >= 15 is 0 Å². The number of aromatic nitrogens is 2. The molecule has 3 nitrogen and oxygen atoms in total. The molecule has 0 spiro atoms. The Kier molecular flexibility index (Phi) is 2.61. The molecule has 2 heterocycles. The number of nitrogens with one attached hydrogen (secondary N) is 1. The third-order valence-corrected chi connectivity index (χ3v) is 3.62. The van der Waals surface area contributed by atoms with E-state index in [1.165, 1.54) is 17.4 Å². The molecular weight excluding hydrogens is 256 g/mol. The second-order valence-corrected chi connectivity index (χ2v) is 4.88. The third kappa shape index (κ3) is 1.79. The van der Waals surface area contributed by atoms with Crippen LogP contribution in [0.2, 0.25) is 0 Å². The van der Waals surface area contributed by atoms with E-state index in [1.807, 2.05) is 17.5 Å². The summed E-state index contributed by atoms with van der Waals surface area (Å²) in [6.45, 7) is 0. The average molecular weight is 265 g/mol. The van der Waals surface area contributed by atoms with Gasteiger partial charge in [0.05, 0.1) is 11.6 Å². The number of hydrogen-bond donors (Lipinski definition) is 2. The van der Waals surface area contributed by atoms with Crippen molar-refractivity contribution < 1.29 is 8.78 Å². The molecule has 0 aliphatic rings. The Morgan fingerprint density at radius 1 is 1.33 bits per heavy atom. The predicted molar refractivity (Wildman–Crippen MR) is 66.4 cm³/mol. The molecule has 0 saturated heterocycles. The van der Waals surface area contributed by atoms with Gasteiger partial charge >= 0.3 is 0 Å². The number of hydrogen-bond acceptors (Lipinski definition) is 3. The summed E-state index contributed by atoms with van der Waals surface area (Å²) in [7, 11) is 0. The summed E-state index contributed by atoms with van der Waals surface area (Å²) < 4.78 is 26.6. The lowest BCUT2D eigenvalue weighted by atomic mass is 10.2. The zero-order valence-electron chi connectivity index (χ0n) is 9.15. The van der Waals surface area contributed by atoms with Crippen molar-refractivity contribution >= 4 is 22.4 Å². The zero-order valence-corrected chi connectivity index (χ0v) is 9.97. The minimum atomic E-state index is -0.689. The number of nitrogens with two attached hydrogens (primary N) is 1. The Balaban J connectivity index is 2.11. The first-order valence-electron chi connectivity index (χ1n) is 5.29. The molecule has 3 aromatic rings. The van der Waals surface area contributed by atoms with Crippen molar-refractivity contribution in [1.82, 2.24) is 9.97 Å². The maximum atomic E-state index is 13.5. The van der Waals surface area contributed by atoms with Crippen LogP contribution in [-0.2, 0) is 0 Å². The Morgan fingerprint density at radius 2 is 2.17 bits per heavy atom. The van der Waals surface area contributed by atoms with Crippen LogP contribution in [0.25, 0.3) is 11.0 Å². The van der Waals surface area contributed by atoms with E-state index in [1.54, 1.807) is 0 Å². The number of benzene rings is 1. The molecule has 92 valence electrons. The van der Waals surface area contributed by atoms with Gasteiger partial charge in [0.2, 0.25) is 0 Å². The molecule has 0 saturated carbocycles. The number of imidazole rings is 1. The Bertz CT molecular complexity index is 691. The molecule has 3 N–H and O–H groups in total. The quantitative estimate of drug-likeness (QED) is 0.748. The van der Waals surface area contributed by atoms with Gasteiger partial charge in [-0.05, 0) is 17.5 Å². The summed E-state index contributed by atoms with van der Waals surface area (Å²) in [5, 5.41) is 1.90. The molecule has 2 aromatic heterocycles. The van der Waals surface area contributed by atoms with Crippen LogP contribution in [0.3, 0.4) is 0 Å². The smallest absolute Gasteiger partial charge is 0.153 e. The molecule has 1 atom stereocenters. The van der Waals surface area contributed by atoms with E-state index in [2.05, 4.69) is 9.97 Å². The van der Waals surface area contributed by atoms with E-state index in [0.717, 1.165) is 10.9 Å². The van der Waals surface area contributed by atoms with Crippen LogP contribution in [-0.4, -0.2) is 9.97 Å². The molecule has 1 aromatic carbocycles. The van der Waals surface area contributed by atoms with E-state index in [-0.39, 0.29) is 5.52 Å². The molecule has 6 heteroatoms. The Morgan fingerprint density at radius 3 is 2.89 bits per heavy atom. The summed E-state index contributed by atoms with van der Waals surface area (Å²) in [4.78, 5) is 7.86. The van der Waals surface area contributed by atoms with Crippen LogP contribution >= 0.6 is 11.3 Å². The molecule has 18 heavy (non-hydrogen) atoms. The van der Waals surface area contributed by atoms with Crippen LogP contribution < -0.4 is 5.73 Å². The van der Waals surface area contributed by atoms with E-state index in [0.29, 0.717) is 11.3 Å². The number of thiophene rings is 1. The lowest BCUT2D eigenvalue weighted by molar-refractivity contribution is 0.590. The molecular formula is C12H9F2N3S. The number of aromatic amines is 1. The fraction of sp³-hybridized carbons (Fsp3) is 0.0833. The highest BCUT2D eigenvalue weighted by Crippen LogP contribution is 2.25. The van der Waals surface area contributed by atoms with Gasteiger partial charge in [0, 0.05) is 10.9 Å². The number of nitrogens with zero attached hydrogens (tertiary/aromatic N) is 1. The van der Waals surface area contributed by atoms with Gasteiger partial charge in [-0.2, -0.15) is 0 Å². The zero-order chi connectivity index (χ0) is 12.7. The van der Waals surface area contributed by atoms with E-state index < -0.39 is 17.7 Å². The van der Waals surface area contributed by atoms with Crippen LogP contribution in [0, 0.1) is 11.6 Å². The fourth-order valence-electron chi connectivity index (χ4n) is 1.81. The van der Waals surface area contributed by atoms with Crippen LogP contribution in [0.4, 0.5) is 8.78 Å². The number of halogens is 2. The first-order valence-corrected chi connectivity index (χ1v) is 6.17. The highest BCUT2D eigenvalue weighted by molar-refractivity contribution is 7.10. The van der Waals surface area contributed by atoms with Gasteiger partial charge in [-0.15, -0.1) is 11.3 Å². The minimum absolute atomic E-state index is 0.110. The monoisotopic (exact) mass is 265 g/mol. The normalized spacial score (nSPS) is 13.1. The van der Waals surface area contributed by atoms with Gasteiger partial charge in [-0.1, -0.05) is 6.07 Å². The molecule has 1 unspecified atom stereocenters. The molecule has 0 amide bonds. The summed E-state index contributed by atoms with van der Waals surface area (Å²) >= 11 is 1.49. The summed E-state index contributed by atoms with van der Waals surface area (Å²) in [6, 6.07) is 5.31. The lowest BCUT2D eigenvalue weighted by Crippen LogP contribution is -2.11. The van der Waals surface area contributed by atoms with E-state index in [4.69, 9.17) is 5.73 Å². The van der Waals surface area contributed by atoms with Gasteiger partial charge in [-0.3, -0.25) is 0 Å². The first kappa shape index (κ1) is 11.3. The topological polar surface area (TPSA) is 54.7 Å². The average Bonchev–Trinajstić information content (AvgIpc) is 2.96.